The summed E-state index contributed by atoms with van der Waals surface area (Å²) in [6.07, 6.45) is 3.94. The summed E-state index contributed by atoms with van der Waals surface area (Å²) in [5.41, 5.74) is 4.54. The van der Waals surface area contributed by atoms with E-state index in [9.17, 15) is 10.1 Å². The van der Waals surface area contributed by atoms with Crippen molar-refractivity contribution in [2.75, 3.05) is 62.7 Å². The van der Waals surface area contributed by atoms with Gasteiger partial charge in [-0.15, -0.1) is 0 Å². The molecule has 0 spiro atoms. The highest BCUT2D eigenvalue weighted by molar-refractivity contribution is 5.87. The van der Waals surface area contributed by atoms with Crippen molar-refractivity contribution < 1.29 is 14.3 Å². The molecule has 6 rings (SSSR count). The molecule has 1 N–H and O–H groups in total. The van der Waals surface area contributed by atoms with Gasteiger partial charge in [0, 0.05) is 63.1 Å². The Kier molecular flexibility index (Phi) is 6.22. The van der Waals surface area contributed by atoms with Gasteiger partial charge in [-0.1, -0.05) is 6.58 Å². The fourth-order valence-electron chi connectivity index (χ4n) is 5.99. The molecular weight excluding hydrogens is 468 g/mol. The SMILES string of the molecule is C=CC(=O)N1CCC(N2CC(c3cc(C#N)c4c(c3)Nc3nccc(N5CCOCC5)c3[C@H](C)O4)C2)C1. The van der Waals surface area contributed by atoms with E-state index >= 15 is 0 Å². The zero-order chi connectivity index (χ0) is 25.5. The molecule has 2 atom stereocenters. The van der Waals surface area contributed by atoms with Crippen molar-refractivity contribution in [3.8, 4) is 11.8 Å². The first-order valence-corrected chi connectivity index (χ1v) is 13.0. The van der Waals surface area contributed by atoms with Gasteiger partial charge >= 0.3 is 0 Å². The Morgan fingerprint density at radius 1 is 1.24 bits per heavy atom. The Bertz CT molecular complexity index is 1260. The van der Waals surface area contributed by atoms with Crippen molar-refractivity contribution in [2.45, 2.75) is 31.4 Å². The summed E-state index contributed by atoms with van der Waals surface area (Å²) in [6, 6.07) is 8.87. The van der Waals surface area contributed by atoms with Crippen molar-refractivity contribution in [2.24, 2.45) is 0 Å². The molecule has 4 aliphatic heterocycles. The Labute approximate surface area is 217 Å². The quantitative estimate of drug-likeness (QED) is 0.640. The summed E-state index contributed by atoms with van der Waals surface area (Å²) in [5.74, 6) is 1.69. The zero-order valence-corrected chi connectivity index (χ0v) is 21.2. The van der Waals surface area contributed by atoms with Gasteiger partial charge in [0.25, 0.3) is 0 Å². The highest BCUT2D eigenvalue weighted by atomic mass is 16.5. The fourth-order valence-corrected chi connectivity index (χ4v) is 5.99. The number of hydrogen-bond donors (Lipinski definition) is 1. The first kappa shape index (κ1) is 23.8. The number of ether oxygens (including phenoxy) is 2. The lowest BCUT2D eigenvalue weighted by atomic mass is 9.88. The third-order valence-corrected chi connectivity index (χ3v) is 8.05. The normalized spacial score (nSPS) is 23.6. The average Bonchev–Trinajstić information content (AvgIpc) is 3.32. The third kappa shape index (κ3) is 4.30. The number of carbonyl (C=O) groups excluding carboxylic acids is 1. The molecule has 1 aromatic heterocycles. The van der Waals surface area contributed by atoms with Gasteiger partial charge in [0.1, 0.15) is 18.0 Å². The van der Waals surface area contributed by atoms with Crippen molar-refractivity contribution in [3.63, 3.8) is 0 Å². The lowest BCUT2D eigenvalue weighted by Crippen LogP contribution is -2.51. The van der Waals surface area contributed by atoms with Gasteiger partial charge in [0.05, 0.1) is 30.0 Å². The van der Waals surface area contributed by atoms with Gasteiger partial charge in [0.2, 0.25) is 5.91 Å². The summed E-state index contributed by atoms with van der Waals surface area (Å²) >= 11 is 0. The molecule has 0 saturated carbocycles. The van der Waals surface area contributed by atoms with Gasteiger partial charge in [-0.25, -0.2) is 4.98 Å². The van der Waals surface area contributed by atoms with E-state index in [-0.39, 0.29) is 12.0 Å². The molecule has 0 aliphatic carbocycles. The first-order valence-electron chi connectivity index (χ1n) is 13.0. The number of carbonyl (C=O) groups is 1. The molecule has 3 fully saturated rings. The Morgan fingerprint density at radius 3 is 2.81 bits per heavy atom. The molecule has 4 aliphatic rings. The van der Waals surface area contributed by atoms with Crippen LogP contribution < -0.4 is 15.0 Å². The molecule has 1 aromatic carbocycles. The summed E-state index contributed by atoms with van der Waals surface area (Å²) in [7, 11) is 0. The molecule has 9 nitrogen and oxygen atoms in total. The predicted octanol–water partition coefficient (Wildman–Crippen LogP) is 3.17. The van der Waals surface area contributed by atoms with E-state index in [1.807, 2.05) is 30.2 Å². The van der Waals surface area contributed by atoms with Crippen LogP contribution in [0, 0.1) is 11.3 Å². The lowest BCUT2D eigenvalue weighted by molar-refractivity contribution is -0.125. The molecular formula is C28H32N6O3. The standard InChI is InChI=1S/C28H32N6O3/c1-3-25(35)33-7-5-22(17-33)34-15-21(16-34)19-12-20(14-29)27-23(13-19)31-28-26(18(2)37-27)24(4-6-30-28)32-8-10-36-11-9-32/h3-4,6,12-13,18,21-22H,1,5,7-11,15-17H2,2H3,(H,30,31)/t18-,22?/m0/s1. The number of benzene rings is 1. The zero-order valence-electron chi connectivity index (χ0n) is 21.2. The van der Waals surface area contributed by atoms with E-state index in [0.717, 1.165) is 74.0 Å². The maximum absolute atomic E-state index is 12.0. The lowest BCUT2D eigenvalue weighted by Gasteiger charge is -2.43. The first-order chi connectivity index (χ1) is 18.1. The van der Waals surface area contributed by atoms with Crippen molar-refractivity contribution >= 4 is 23.1 Å². The van der Waals surface area contributed by atoms with Crippen LogP contribution in [-0.2, 0) is 9.53 Å². The molecule has 9 heteroatoms. The maximum atomic E-state index is 12.0. The van der Waals surface area contributed by atoms with Gasteiger partial charge in [0.15, 0.2) is 5.75 Å². The van der Waals surface area contributed by atoms with Gasteiger partial charge in [-0.05, 0) is 43.2 Å². The Hall–Kier alpha value is -3.61. The summed E-state index contributed by atoms with van der Waals surface area (Å²) in [5, 5.41) is 13.5. The highest BCUT2D eigenvalue weighted by Gasteiger charge is 2.38. The summed E-state index contributed by atoms with van der Waals surface area (Å²) in [4.78, 5) is 23.2. The van der Waals surface area contributed by atoms with E-state index in [4.69, 9.17) is 9.47 Å². The minimum Gasteiger partial charge on any atom is -0.482 e. The second-order valence-electron chi connectivity index (χ2n) is 10.2. The molecule has 5 heterocycles. The summed E-state index contributed by atoms with van der Waals surface area (Å²) in [6.45, 7) is 12.0. The topological polar surface area (TPSA) is 94.0 Å². The minimum atomic E-state index is -0.268. The van der Waals surface area contributed by atoms with E-state index in [1.54, 1.807) is 0 Å². The number of aromatic nitrogens is 1. The molecule has 37 heavy (non-hydrogen) atoms. The van der Waals surface area contributed by atoms with Crippen LogP contribution in [0.25, 0.3) is 0 Å². The average molecular weight is 501 g/mol. The number of amides is 1. The van der Waals surface area contributed by atoms with Crippen LogP contribution in [0.3, 0.4) is 0 Å². The molecule has 3 saturated heterocycles. The maximum Gasteiger partial charge on any atom is 0.246 e. The van der Waals surface area contributed by atoms with Crippen LogP contribution in [0.15, 0.2) is 37.1 Å². The molecule has 0 radical (unpaired) electrons. The monoisotopic (exact) mass is 500 g/mol. The smallest absolute Gasteiger partial charge is 0.246 e. The number of morpholine rings is 1. The van der Waals surface area contributed by atoms with Crippen LogP contribution in [0.5, 0.6) is 5.75 Å². The van der Waals surface area contributed by atoms with Gasteiger partial charge < -0.3 is 24.6 Å². The predicted molar refractivity (Wildman–Crippen MR) is 140 cm³/mol. The number of nitrogens with zero attached hydrogens (tertiary/aromatic N) is 5. The van der Waals surface area contributed by atoms with Gasteiger partial charge in [-0.3, -0.25) is 9.69 Å². The Morgan fingerprint density at radius 2 is 2.05 bits per heavy atom. The van der Waals surface area contributed by atoms with Crippen LogP contribution in [0.1, 0.15) is 42.1 Å². The van der Waals surface area contributed by atoms with Crippen LogP contribution >= 0.6 is 0 Å². The highest BCUT2D eigenvalue weighted by Crippen LogP contribution is 2.45. The largest absolute Gasteiger partial charge is 0.482 e. The number of nitriles is 1. The number of nitrogens with one attached hydrogen (secondary N) is 1. The van der Waals surface area contributed by atoms with E-state index < -0.39 is 0 Å². The van der Waals surface area contributed by atoms with Crippen molar-refractivity contribution in [1.82, 2.24) is 14.8 Å². The second kappa shape index (κ2) is 9.69. The molecule has 192 valence electrons. The number of anilines is 3. The Balaban J connectivity index is 1.24. The third-order valence-electron chi connectivity index (χ3n) is 8.05. The van der Waals surface area contributed by atoms with Crippen LogP contribution in [-0.4, -0.2) is 79.2 Å². The number of pyridine rings is 1. The fraction of sp³-hybridized carbons (Fsp3) is 0.464. The van der Waals surface area contributed by atoms with E-state index in [0.29, 0.717) is 36.5 Å². The number of hydrogen-bond acceptors (Lipinski definition) is 8. The second-order valence-corrected chi connectivity index (χ2v) is 10.2. The number of rotatable bonds is 4. The van der Waals surface area contributed by atoms with Crippen molar-refractivity contribution in [1.29, 1.82) is 5.26 Å². The van der Waals surface area contributed by atoms with E-state index in [2.05, 4.69) is 38.8 Å². The molecule has 1 unspecified atom stereocenters. The van der Waals surface area contributed by atoms with E-state index in [1.165, 1.54) is 6.08 Å². The van der Waals surface area contributed by atoms with Crippen LogP contribution in [0.4, 0.5) is 17.2 Å². The number of fused-ring (bicyclic) bond motifs is 2. The molecule has 2 aromatic rings. The molecule has 0 bridgehead atoms. The summed E-state index contributed by atoms with van der Waals surface area (Å²) < 4.78 is 12.0. The minimum absolute atomic E-state index is 0.00922. The molecule has 1 amide bonds. The van der Waals surface area contributed by atoms with Crippen LogP contribution in [0.2, 0.25) is 0 Å². The number of likely N-dealkylation sites (tertiary alicyclic amines) is 2. The van der Waals surface area contributed by atoms with Crippen molar-refractivity contribution in [3.05, 3.63) is 53.7 Å². The van der Waals surface area contributed by atoms with Gasteiger partial charge in [-0.2, -0.15) is 5.26 Å².